The van der Waals surface area contributed by atoms with Gasteiger partial charge in [0.2, 0.25) is 0 Å². The van der Waals surface area contributed by atoms with Crippen molar-refractivity contribution >= 4 is 0 Å². The van der Waals surface area contributed by atoms with E-state index in [0.717, 1.165) is 12.8 Å². The third-order valence-corrected chi connectivity index (χ3v) is 3.76. The van der Waals surface area contributed by atoms with Gasteiger partial charge in [-0.2, -0.15) is 0 Å². The molecule has 0 unspecified atom stereocenters. The molecule has 140 valence electrons. The van der Waals surface area contributed by atoms with Crippen LogP contribution in [-0.4, -0.2) is 36.1 Å². The quantitative estimate of drug-likeness (QED) is 0.291. The molecule has 0 aliphatic heterocycles. The van der Waals surface area contributed by atoms with E-state index < -0.39 is 6.10 Å². The molecular weight excluding hydrogens is 300 g/mol. The second kappa shape index (κ2) is 20.1. The summed E-state index contributed by atoms with van der Waals surface area (Å²) in [6.45, 7) is 2.92. The van der Waals surface area contributed by atoms with Gasteiger partial charge >= 0.3 is 0 Å². The van der Waals surface area contributed by atoms with Crippen LogP contribution in [0.15, 0.2) is 36.5 Å². The fourth-order valence-corrected chi connectivity index (χ4v) is 2.25. The van der Waals surface area contributed by atoms with Gasteiger partial charge in [0.1, 0.15) is 6.10 Å². The number of hydrogen-bond acceptors (Lipinski definition) is 3. The standard InChI is InChI=1S/C21H38O3/c1-2-3-4-5-6-7-8-9-10-11-12-13-14-15-16-17-18-24-20-21(23)19-22/h5-10,21-23H,2-4,11-20H2,1H3/b6-5?,8-7+,10-9?/t21-/m0/s1. The summed E-state index contributed by atoms with van der Waals surface area (Å²) in [7, 11) is 0. The molecule has 24 heavy (non-hydrogen) atoms. The van der Waals surface area contributed by atoms with Crippen molar-refractivity contribution < 1.29 is 14.9 Å². The molecule has 1 atom stereocenters. The van der Waals surface area contributed by atoms with E-state index in [1.54, 1.807) is 0 Å². The molecule has 0 saturated heterocycles. The summed E-state index contributed by atoms with van der Waals surface area (Å²) in [4.78, 5) is 0. The van der Waals surface area contributed by atoms with Crippen LogP contribution in [0.25, 0.3) is 0 Å². The zero-order valence-electron chi connectivity index (χ0n) is 15.5. The van der Waals surface area contributed by atoms with E-state index in [0.29, 0.717) is 6.61 Å². The number of rotatable bonds is 17. The molecule has 3 nitrogen and oxygen atoms in total. The van der Waals surface area contributed by atoms with E-state index in [2.05, 4.69) is 43.4 Å². The highest BCUT2D eigenvalue weighted by Crippen LogP contribution is 2.08. The predicted octanol–water partition coefficient (Wildman–Crippen LogP) is 4.95. The topological polar surface area (TPSA) is 49.7 Å². The minimum Gasteiger partial charge on any atom is -0.394 e. The number of allylic oxidation sites excluding steroid dienone is 6. The summed E-state index contributed by atoms with van der Waals surface area (Å²) < 4.78 is 5.28. The van der Waals surface area contributed by atoms with Gasteiger partial charge in [0.15, 0.2) is 0 Å². The van der Waals surface area contributed by atoms with E-state index in [4.69, 9.17) is 14.9 Å². The zero-order chi connectivity index (χ0) is 17.7. The van der Waals surface area contributed by atoms with Gasteiger partial charge in [0, 0.05) is 6.61 Å². The summed E-state index contributed by atoms with van der Waals surface area (Å²) in [5, 5.41) is 17.7. The van der Waals surface area contributed by atoms with Crippen molar-refractivity contribution in [2.45, 2.75) is 77.2 Å². The molecule has 0 aromatic heterocycles. The highest BCUT2D eigenvalue weighted by Gasteiger charge is 2.00. The molecule has 0 heterocycles. The first-order chi connectivity index (χ1) is 11.8. The lowest BCUT2D eigenvalue weighted by Gasteiger charge is -2.07. The van der Waals surface area contributed by atoms with Crippen LogP contribution in [0, 0.1) is 0 Å². The van der Waals surface area contributed by atoms with Gasteiger partial charge < -0.3 is 14.9 Å². The maximum absolute atomic E-state index is 9.10. The van der Waals surface area contributed by atoms with Gasteiger partial charge in [-0.25, -0.2) is 0 Å². The molecule has 3 heteroatoms. The first-order valence-electron chi connectivity index (χ1n) is 9.66. The Balaban J connectivity index is 3.23. The monoisotopic (exact) mass is 338 g/mol. The van der Waals surface area contributed by atoms with Gasteiger partial charge in [-0.1, -0.05) is 81.9 Å². The van der Waals surface area contributed by atoms with Gasteiger partial charge in [0.25, 0.3) is 0 Å². The average molecular weight is 339 g/mol. The molecule has 2 N–H and O–H groups in total. The smallest absolute Gasteiger partial charge is 0.100 e. The van der Waals surface area contributed by atoms with Crippen LogP contribution in [0.2, 0.25) is 0 Å². The normalized spacial score (nSPS) is 13.6. The SMILES string of the molecule is CCCCC=C/C=C/C=CCCCCCCCCOC[C@@H](O)CO. The first-order valence-corrected chi connectivity index (χ1v) is 9.66. The third-order valence-electron chi connectivity index (χ3n) is 3.76. The van der Waals surface area contributed by atoms with Crippen molar-refractivity contribution in [2.75, 3.05) is 19.8 Å². The lowest BCUT2D eigenvalue weighted by atomic mass is 10.1. The summed E-state index contributed by atoms with van der Waals surface area (Å²) in [5.41, 5.74) is 0. The summed E-state index contributed by atoms with van der Waals surface area (Å²) in [6.07, 6.45) is 24.4. The molecule has 0 rings (SSSR count). The Bertz CT molecular complexity index is 321. The van der Waals surface area contributed by atoms with Crippen LogP contribution in [0.5, 0.6) is 0 Å². The van der Waals surface area contributed by atoms with E-state index in [-0.39, 0.29) is 13.2 Å². The second-order valence-corrected chi connectivity index (χ2v) is 6.20. The zero-order valence-corrected chi connectivity index (χ0v) is 15.5. The van der Waals surface area contributed by atoms with E-state index >= 15 is 0 Å². The molecule has 0 aliphatic rings. The van der Waals surface area contributed by atoms with Crippen molar-refractivity contribution in [3.8, 4) is 0 Å². The largest absolute Gasteiger partial charge is 0.394 e. The van der Waals surface area contributed by atoms with Gasteiger partial charge in [-0.05, 0) is 25.7 Å². The Morgan fingerprint density at radius 2 is 1.38 bits per heavy atom. The minimum atomic E-state index is -0.732. The molecule has 0 spiro atoms. The van der Waals surface area contributed by atoms with Crippen molar-refractivity contribution in [3.05, 3.63) is 36.5 Å². The number of ether oxygens (including phenoxy) is 1. The Kier molecular flexibility index (Phi) is 19.4. The summed E-state index contributed by atoms with van der Waals surface area (Å²) in [6, 6.07) is 0. The van der Waals surface area contributed by atoms with Crippen LogP contribution >= 0.6 is 0 Å². The van der Waals surface area contributed by atoms with Crippen LogP contribution in [-0.2, 0) is 4.74 Å². The maximum atomic E-state index is 9.10. The average Bonchev–Trinajstić information content (AvgIpc) is 2.60. The highest BCUT2D eigenvalue weighted by molar-refractivity contribution is 5.10. The Labute approximate surface area is 149 Å². The van der Waals surface area contributed by atoms with Gasteiger partial charge in [-0.3, -0.25) is 0 Å². The summed E-state index contributed by atoms with van der Waals surface area (Å²) in [5.74, 6) is 0. The number of aliphatic hydroxyl groups excluding tert-OH is 2. The molecule has 0 aromatic rings. The fraction of sp³-hybridized carbons (Fsp3) is 0.714. The molecular formula is C21H38O3. The Morgan fingerprint density at radius 1 is 0.792 bits per heavy atom. The molecule has 0 bridgehead atoms. The Morgan fingerprint density at radius 3 is 2.00 bits per heavy atom. The van der Waals surface area contributed by atoms with Crippen LogP contribution in [0.4, 0.5) is 0 Å². The van der Waals surface area contributed by atoms with Gasteiger partial charge in [0.05, 0.1) is 13.2 Å². The number of hydrogen-bond donors (Lipinski definition) is 2. The fourth-order valence-electron chi connectivity index (χ4n) is 2.25. The molecule has 0 fully saturated rings. The molecule has 0 aliphatic carbocycles. The highest BCUT2D eigenvalue weighted by atomic mass is 16.5. The van der Waals surface area contributed by atoms with Gasteiger partial charge in [-0.15, -0.1) is 0 Å². The van der Waals surface area contributed by atoms with E-state index in [9.17, 15) is 0 Å². The minimum absolute atomic E-state index is 0.222. The van der Waals surface area contributed by atoms with Crippen molar-refractivity contribution in [2.24, 2.45) is 0 Å². The van der Waals surface area contributed by atoms with E-state index in [1.807, 2.05) is 0 Å². The lowest BCUT2D eigenvalue weighted by molar-refractivity contribution is 0.00526. The van der Waals surface area contributed by atoms with Crippen molar-refractivity contribution in [3.63, 3.8) is 0 Å². The van der Waals surface area contributed by atoms with Crippen molar-refractivity contribution in [1.82, 2.24) is 0 Å². The number of aliphatic hydroxyl groups is 2. The van der Waals surface area contributed by atoms with Crippen molar-refractivity contribution in [1.29, 1.82) is 0 Å². The predicted molar refractivity (Wildman–Crippen MR) is 103 cm³/mol. The maximum Gasteiger partial charge on any atom is 0.100 e. The second-order valence-electron chi connectivity index (χ2n) is 6.20. The molecule has 0 saturated carbocycles. The van der Waals surface area contributed by atoms with Crippen LogP contribution < -0.4 is 0 Å². The molecule has 0 aromatic carbocycles. The van der Waals surface area contributed by atoms with E-state index in [1.165, 1.54) is 51.4 Å². The van der Waals surface area contributed by atoms with Crippen LogP contribution in [0.3, 0.4) is 0 Å². The third kappa shape index (κ3) is 19.1. The summed E-state index contributed by atoms with van der Waals surface area (Å²) >= 11 is 0. The lowest BCUT2D eigenvalue weighted by Crippen LogP contribution is -2.19. The molecule has 0 amide bonds. The first kappa shape index (κ1) is 23.1. The Hall–Kier alpha value is -0.900. The molecule has 0 radical (unpaired) electrons. The number of unbranched alkanes of at least 4 members (excludes halogenated alkanes) is 8. The van der Waals surface area contributed by atoms with Crippen LogP contribution in [0.1, 0.15) is 71.1 Å².